The van der Waals surface area contributed by atoms with Gasteiger partial charge >= 0.3 is 5.97 Å². The highest BCUT2D eigenvalue weighted by Crippen LogP contribution is 2.19. The molecule has 0 saturated heterocycles. The first-order valence-corrected chi connectivity index (χ1v) is 9.31. The molecule has 1 amide bonds. The Kier molecular flexibility index (Phi) is 6.16. The highest BCUT2D eigenvalue weighted by molar-refractivity contribution is 5.80. The number of fused-ring (bicyclic) bond motifs is 1. The minimum absolute atomic E-state index is 0.0952. The molecule has 8 nitrogen and oxygen atoms in total. The largest absolute Gasteiger partial charge is 0.455 e. The van der Waals surface area contributed by atoms with Gasteiger partial charge in [-0.2, -0.15) is 4.98 Å². The van der Waals surface area contributed by atoms with Gasteiger partial charge in [0.05, 0.1) is 0 Å². The quantitative estimate of drug-likeness (QED) is 0.589. The number of aromatic nitrogens is 4. The van der Waals surface area contributed by atoms with E-state index < -0.39 is 5.97 Å². The van der Waals surface area contributed by atoms with Crippen LogP contribution in [0, 0.1) is 13.8 Å². The zero-order valence-corrected chi connectivity index (χ0v) is 15.8. The second-order valence-electron chi connectivity index (χ2n) is 6.82. The number of esters is 1. The second-order valence-corrected chi connectivity index (χ2v) is 6.82. The Bertz CT molecular complexity index is 872. The van der Waals surface area contributed by atoms with Crippen molar-refractivity contribution < 1.29 is 14.3 Å². The highest BCUT2D eigenvalue weighted by atomic mass is 16.5. The van der Waals surface area contributed by atoms with Crippen molar-refractivity contribution in [2.45, 2.75) is 52.4 Å². The Hall–Kier alpha value is -2.77. The molecule has 1 aliphatic rings. The Balaban J connectivity index is 1.42. The highest BCUT2D eigenvalue weighted by Gasteiger charge is 2.14. The van der Waals surface area contributed by atoms with Crippen LogP contribution in [0.3, 0.4) is 0 Å². The van der Waals surface area contributed by atoms with Crippen LogP contribution in [-0.4, -0.2) is 44.6 Å². The summed E-state index contributed by atoms with van der Waals surface area (Å²) in [5.74, 6) is -0.0582. The van der Waals surface area contributed by atoms with Crippen molar-refractivity contribution in [3.05, 3.63) is 34.9 Å². The molecule has 2 heterocycles. The third-order valence-electron chi connectivity index (χ3n) is 4.48. The van der Waals surface area contributed by atoms with Crippen LogP contribution in [0.5, 0.6) is 0 Å². The fourth-order valence-corrected chi connectivity index (χ4v) is 3.15. The van der Waals surface area contributed by atoms with Crippen LogP contribution in [0.15, 0.2) is 17.7 Å². The predicted octanol–water partition coefficient (Wildman–Crippen LogP) is 1.83. The molecule has 0 atom stereocenters. The number of aryl methyl sites for hydroxylation is 2. The van der Waals surface area contributed by atoms with Gasteiger partial charge in [-0.3, -0.25) is 9.59 Å². The molecule has 8 heteroatoms. The van der Waals surface area contributed by atoms with Crippen LogP contribution in [0.25, 0.3) is 5.78 Å². The van der Waals surface area contributed by atoms with Gasteiger partial charge in [0.25, 0.3) is 11.7 Å². The lowest BCUT2D eigenvalue weighted by Crippen LogP contribution is -2.30. The minimum Gasteiger partial charge on any atom is -0.455 e. The zero-order valence-electron chi connectivity index (χ0n) is 15.8. The van der Waals surface area contributed by atoms with E-state index in [1.165, 1.54) is 18.4 Å². The molecular formula is C19H25N5O3. The molecule has 3 rings (SSSR count). The van der Waals surface area contributed by atoms with Crippen molar-refractivity contribution in [2.24, 2.45) is 0 Å². The van der Waals surface area contributed by atoms with E-state index in [9.17, 15) is 9.59 Å². The van der Waals surface area contributed by atoms with E-state index in [-0.39, 0.29) is 18.9 Å². The van der Waals surface area contributed by atoms with Gasteiger partial charge in [-0.05, 0) is 52.0 Å². The lowest BCUT2D eigenvalue weighted by molar-refractivity contribution is -0.148. The van der Waals surface area contributed by atoms with Gasteiger partial charge in [-0.1, -0.05) is 11.6 Å². The monoisotopic (exact) mass is 371 g/mol. The molecule has 0 fully saturated rings. The summed E-state index contributed by atoms with van der Waals surface area (Å²) >= 11 is 0. The second kappa shape index (κ2) is 8.75. The van der Waals surface area contributed by atoms with Crippen LogP contribution in [0.4, 0.5) is 0 Å². The number of rotatable bonds is 7. The van der Waals surface area contributed by atoms with Gasteiger partial charge in [-0.25, -0.2) is 9.50 Å². The fraction of sp³-hybridized carbons (Fsp3) is 0.526. The molecule has 0 aromatic carbocycles. The van der Waals surface area contributed by atoms with Gasteiger partial charge in [0.15, 0.2) is 12.4 Å². The van der Waals surface area contributed by atoms with Gasteiger partial charge in [0.1, 0.15) is 6.42 Å². The smallest absolute Gasteiger partial charge is 0.314 e. The van der Waals surface area contributed by atoms with Crippen LogP contribution in [0.2, 0.25) is 0 Å². The molecule has 0 bridgehead atoms. The zero-order chi connectivity index (χ0) is 19.2. The van der Waals surface area contributed by atoms with E-state index in [1.807, 2.05) is 19.9 Å². The standard InChI is InChI=1S/C19H25N5O3/c1-13-10-14(2)24-19(21-13)22-16(23-24)11-18(26)27-12-17(25)20-9-8-15-6-4-3-5-7-15/h6,10H,3-5,7-9,11-12H2,1-2H3,(H,20,25). The topological polar surface area (TPSA) is 98.5 Å². The summed E-state index contributed by atoms with van der Waals surface area (Å²) in [4.78, 5) is 32.3. The summed E-state index contributed by atoms with van der Waals surface area (Å²) < 4.78 is 6.61. The lowest BCUT2D eigenvalue weighted by Gasteiger charge is -2.12. The third-order valence-corrected chi connectivity index (χ3v) is 4.48. The van der Waals surface area contributed by atoms with Crippen molar-refractivity contribution in [3.63, 3.8) is 0 Å². The van der Waals surface area contributed by atoms with Gasteiger partial charge < -0.3 is 10.1 Å². The molecule has 1 N–H and O–H groups in total. The number of carbonyl (C=O) groups is 2. The molecule has 2 aromatic heterocycles. The number of carbonyl (C=O) groups excluding carboxylic acids is 2. The predicted molar refractivity (Wildman–Crippen MR) is 99.1 cm³/mol. The molecule has 0 unspecified atom stereocenters. The van der Waals surface area contributed by atoms with E-state index in [0.29, 0.717) is 18.1 Å². The van der Waals surface area contributed by atoms with Crippen LogP contribution in [-0.2, 0) is 20.7 Å². The molecule has 0 radical (unpaired) electrons. The first-order valence-electron chi connectivity index (χ1n) is 9.31. The number of hydrogen-bond donors (Lipinski definition) is 1. The number of hydrogen-bond acceptors (Lipinski definition) is 6. The number of nitrogens with zero attached hydrogens (tertiary/aromatic N) is 4. The Morgan fingerprint density at radius 2 is 2.11 bits per heavy atom. The number of ether oxygens (including phenoxy) is 1. The van der Waals surface area contributed by atoms with Crippen molar-refractivity contribution in [2.75, 3.05) is 13.2 Å². The van der Waals surface area contributed by atoms with E-state index in [0.717, 1.165) is 30.7 Å². The van der Waals surface area contributed by atoms with E-state index >= 15 is 0 Å². The maximum Gasteiger partial charge on any atom is 0.314 e. The summed E-state index contributed by atoms with van der Waals surface area (Å²) in [6.07, 6.45) is 7.75. The first kappa shape index (κ1) is 19.0. The Morgan fingerprint density at radius 1 is 1.26 bits per heavy atom. The van der Waals surface area contributed by atoms with Crippen LogP contribution >= 0.6 is 0 Å². The molecule has 0 saturated carbocycles. The summed E-state index contributed by atoms with van der Waals surface area (Å²) in [5.41, 5.74) is 3.12. The maximum atomic E-state index is 11.9. The van der Waals surface area contributed by atoms with Crippen LogP contribution in [0.1, 0.15) is 49.3 Å². The summed E-state index contributed by atoms with van der Waals surface area (Å²) in [7, 11) is 0. The van der Waals surface area contributed by atoms with E-state index in [2.05, 4.69) is 26.5 Å². The number of allylic oxidation sites excluding steroid dienone is 1. The maximum absolute atomic E-state index is 11.9. The van der Waals surface area contributed by atoms with Crippen molar-refractivity contribution >= 4 is 17.7 Å². The minimum atomic E-state index is -0.537. The van der Waals surface area contributed by atoms with Gasteiger partial charge in [0, 0.05) is 17.9 Å². The summed E-state index contributed by atoms with van der Waals surface area (Å²) in [6, 6.07) is 1.89. The van der Waals surface area contributed by atoms with Crippen molar-refractivity contribution in [1.82, 2.24) is 24.9 Å². The lowest BCUT2D eigenvalue weighted by atomic mass is 9.97. The normalized spacial score (nSPS) is 14.1. The number of nitrogens with one attached hydrogen (secondary N) is 1. The molecule has 1 aliphatic carbocycles. The number of amides is 1. The summed E-state index contributed by atoms with van der Waals surface area (Å²) in [5, 5.41) is 7.04. The Morgan fingerprint density at radius 3 is 2.89 bits per heavy atom. The van der Waals surface area contributed by atoms with E-state index in [1.54, 1.807) is 4.52 Å². The molecule has 2 aromatic rings. The SMILES string of the molecule is Cc1cc(C)n2nc(CC(=O)OCC(=O)NCCC3=CCCCC3)nc2n1. The molecule has 27 heavy (non-hydrogen) atoms. The fourth-order valence-electron chi connectivity index (χ4n) is 3.15. The molecular weight excluding hydrogens is 346 g/mol. The average Bonchev–Trinajstić information content (AvgIpc) is 3.03. The first-order chi connectivity index (χ1) is 13.0. The average molecular weight is 371 g/mol. The van der Waals surface area contributed by atoms with Crippen molar-refractivity contribution in [1.29, 1.82) is 0 Å². The van der Waals surface area contributed by atoms with Gasteiger partial charge in [0.2, 0.25) is 0 Å². The molecule has 0 aliphatic heterocycles. The van der Waals surface area contributed by atoms with E-state index in [4.69, 9.17) is 4.74 Å². The summed E-state index contributed by atoms with van der Waals surface area (Å²) in [6.45, 7) is 4.05. The van der Waals surface area contributed by atoms with Crippen molar-refractivity contribution in [3.8, 4) is 0 Å². The van der Waals surface area contributed by atoms with Crippen LogP contribution < -0.4 is 5.32 Å². The molecule has 144 valence electrons. The third kappa shape index (κ3) is 5.35. The Labute approximate surface area is 158 Å². The molecule has 0 spiro atoms. The van der Waals surface area contributed by atoms with Gasteiger partial charge in [-0.15, -0.1) is 5.10 Å².